The second-order valence-corrected chi connectivity index (χ2v) is 17.2. The van der Waals surface area contributed by atoms with Gasteiger partial charge in [-0.25, -0.2) is 0 Å². The standard InChI is InChI=1S/C60H37I/c61-60-58-36-45(39-25-29-43(30-26-39)50-22-10-15-41-12-2-5-17-48(41)50)32-34-55(58)54-33-31-44(38-23-27-42(28-24-38)49-21-9-14-40-11-1-4-16-47(40)49)35-56(54)59(60)57-37-46-13-3-6-18-51(46)52-19-7-8-20-53(52)57/h1-37H. The Hall–Kier alpha value is -7.07. The lowest BCUT2D eigenvalue weighted by molar-refractivity contribution is 1.61. The van der Waals surface area contributed by atoms with Crippen molar-refractivity contribution >= 4 is 87.2 Å². The minimum Gasteiger partial charge on any atom is -0.0616 e. The molecule has 0 amide bonds. The van der Waals surface area contributed by atoms with Gasteiger partial charge in [-0.3, -0.25) is 0 Å². The van der Waals surface area contributed by atoms with Gasteiger partial charge in [0.25, 0.3) is 0 Å². The molecule has 0 N–H and O–H groups in total. The van der Waals surface area contributed by atoms with Crippen molar-refractivity contribution in [1.82, 2.24) is 0 Å². The van der Waals surface area contributed by atoms with Gasteiger partial charge in [-0.2, -0.15) is 0 Å². The van der Waals surface area contributed by atoms with Gasteiger partial charge in [0.15, 0.2) is 0 Å². The Kier molecular flexibility index (Phi) is 8.57. The summed E-state index contributed by atoms with van der Waals surface area (Å²) in [4.78, 5) is 0. The molecule has 0 aliphatic carbocycles. The van der Waals surface area contributed by atoms with E-state index in [1.165, 1.54) is 124 Å². The fraction of sp³-hybridized carbons (Fsp3) is 0. The van der Waals surface area contributed by atoms with E-state index in [0.29, 0.717) is 0 Å². The van der Waals surface area contributed by atoms with Crippen LogP contribution in [0.15, 0.2) is 224 Å². The maximum Gasteiger partial charge on any atom is 0.0294 e. The summed E-state index contributed by atoms with van der Waals surface area (Å²) in [6.45, 7) is 0. The zero-order valence-corrected chi connectivity index (χ0v) is 35.4. The van der Waals surface area contributed by atoms with Gasteiger partial charge in [0.05, 0.1) is 0 Å². The summed E-state index contributed by atoms with van der Waals surface area (Å²) < 4.78 is 1.26. The Labute approximate surface area is 368 Å². The Balaban J connectivity index is 1.04. The molecule has 12 rings (SSSR count). The zero-order chi connectivity index (χ0) is 40.4. The van der Waals surface area contributed by atoms with Crippen molar-refractivity contribution in [2.75, 3.05) is 0 Å². The number of rotatable bonds is 5. The van der Waals surface area contributed by atoms with Crippen LogP contribution in [0, 0.1) is 3.57 Å². The highest BCUT2D eigenvalue weighted by atomic mass is 127. The van der Waals surface area contributed by atoms with Crippen molar-refractivity contribution in [3.05, 3.63) is 228 Å². The van der Waals surface area contributed by atoms with Crippen molar-refractivity contribution in [1.29, 1.82) is 0 Å². The van der Waals surface area contributed by atoms with Gasteiger partial charge >= 0.3 is 0 Å². The molecule has 0 saturated carbocycles. The van der Waals surface area contributed by atoms with Crippen LogP contribution in [0.4, 0.5) is 0 Å². The van der Waals surface area contributed by atoms with Gasteiger partial charge in [0.1, 0.15) is 0 Å². The second kappa shape index (κ2) is 14.6. The highest BCUT2D eigenvalue weighted by Crippen LogP contribution is 2.46. The molecule has 0 nitrogen and oxygen atoms in total. The fourth-order valence-corrected chi connectivity index (χ4v) is 10.7. The molecule has 284 valence electrons. The van der Waals surface area contributed by atoms with Crippen LogP contribution in [-0.2, 0) is 0 Å². The molecule has 0 bridgehead atoms. The first-order valence-electron chi connectivity index (χ1n) is 20.9. The summed E-state index contributed by atoms with van der Waals surface area (Å²) >= 11 is 2.65. The number of hydrogen-bond acceptors (Lipinski definition) is 0. The van der Waals surface area contributed by atoms with Crippen LogP contribution in [-0.4, -0.2) is 0 Å². The van der Waals surface area contributed by atoms with Gasteiger partial charge in [-0.05, 0) is 155 Å². The topological polar surface area (TPSA) is 0 Å². The first kappa shape index (κ1) is 35.8. The van der Waals surface area contributed by atoms with E-state index >= 15 is 0 Å². The SMILES string of the molecule is Ic1c(-c2cc3ccccc3c3ccccc23)c2cc(-c3ccc(-c4cccc5ccccc45)cc3)ccc2c2ccc(-c3ccc(-c4cccc5ccccc45)cc3)cc12. The second-order valence-electron chi connectivity index (χ2n) is 16.1. The molecule has 61 heavy (non-hydrogen) atoms. The average molecular weight is 885 g/mol. The molecular weight excluding hydrogens is 848 g/mol. The molecule has 0 aliphatic rings. The minimum absolute atomic E-state index is 1.21. The largest absolute Gasteiger partial charge is 0.0616 e. The maximum atomic E-state index is 2.65. The summed E-state index contributed by atoms with van der Waals surface area (Å²) in [6, 6.07) is 83.0. The number of halogens is 1. The van der Waals surface area contributed by atoms with Crippen LogP contribution in [0.2, 0.25) is 0 Å². The van der Waals surface area contributed by atoms with Crippen molar-refractivity contribution in [3.8, 4) is 55.6 Å². The Morgan fingerprint density at radius 3 is 1.18 bits per heavy atom. The normalized spacial score (nSPS) is 11.7. The van der Waals surface area contributed by atoms with E-state index in [4.69, 9.17) is 0 Å². The molecule has 12 aromatic rings. The van der Waals surface area contributed by atoms with Crippen molar-refractivity contribution < 1.29 is 0 Å². The summed E-state index contributed by atoms with van der Waals surface area (Å²) in [5.74, 6) is 0. The van der Waals surface area contributed by atoms with E-state index in [2.05, 4.69) is 247 Å². The van der Waals surface area contributed by atoms with Crippen molar-refractivity contribution in [2.45, 2.75) is 0 Å². The third kappa shape index (κ3) is 6.03. The molecule has 0 aliphatic heterocycles. The van der Waals surface area contributed by atoms with Crippen LogP contribution in [0.3, 0.4) is 0 Å². The lowest BCUT2D eigenvalue weighted by atomic mass is 9.86. The quantitative estimate of drug-likeness (QED) is 0.119. The molecule has 0 heterocycles. The van der Waals surface area contributed by atoms with E-state index in [1.807, 2.05) is 0 Å². The predicted molar refractivity (Wildman–Crippen MR) is 271 cm³/mol. The molecule has 0 spiro atoms. The lowest BCUT2D eigenvalue weighted by Gasteiger charge is -2.19. The average Bonchev–Trinajstić information content (AvgIpc) is 3.33. The third-order valence-corrected chi connectivity index (χ3v) is 13.9. The van der Waals surface area contributed by atoms with Crippen LogP contribution >= 0.6 is 22.6 Å². The van der Waals surface area contributed by atoms with Gasteiger partial charge in [0, 0.05) is 9.13 Å². The predicted octanol–water partition coefficient (Wildman–Crippen LogP) is 17.5. The zero-order valence-electron chi connectivity index (χ0n) is 33.2. The molecule has 0 unspecified atom stereocenters. The van der Waals surface area contributed by atoms with Crippen LogP contribution < -0.4 is 0 Å². The molecule has 1 heteroatoms. The van der Waals surface area contributed by atoms with Gasteiger partial charge < -0.3 is 0 Å². The smallest absolute Gasteiger partial charge is 0.0294 e. The van der Waals surface area contributed by atoms with Gasteiger partial charge in [-0.15, -0.1) is 0 Å². The van der Waals surface area contributed by atoms with Crippen molar-refractivity contribution in [2.24, 2.45) is 0 Å². The van der Waals surface area contributed by atoms with Crippen LogP contribution in [0.1, 0.15) is 0 Å². The monoisotopic (exact) mass is 884 g/mol. The summed E-state index contributed by atoms with van der Waals surface area (Å²) in [5, 5.41) is 15.2. The van der Waals surface area contributed by atoms with E-state index in [9.17, 15) is 0 Å². The number of benzene rings is 12. The van der Waals surface area contributed by atoms with Crippen LogP contribution in [0.25, 0.3) is 120 Å². The molecule has 0 fully saturated rings. The maximum absolute atomic E-state index is 2.65. The summed E-state index contributed by atoms with van der Waals surface area (Å²) in [5.41, 5.74) is 12.4. The Morgan fingerprint density at radius 1 is 0.213 bits per heavy atom. The summed E-state index contributed by atoms with van der Waals surface area (Å²) in [6.07, 6.45) is 0. The van der Waals surface area contributed by atoms with E-state index in [-0.39, 0.29) is 0 Å². The molecule has 0 atom stereocenters. The van der Waals surface area contributed by atoms with E-state index in [1.54, 1.807) is 0 Å². The molecule has 12 aromatic carbocycles. The first-order valence-corrected chi connectivity index (χ1v) is 22.0. The molecular formula is C60H37I. The van der Waals surface area contributed by atoms with Crippen LogP contribution in [0.5, 0.6) is 0 Å². The molecule has 0 saturated heterocycles. The van der Waals surface area contributed by atoms with E-state index in [0.717, 1.165) is 0 Å². The Morgan fingerprint density at radius 2 is 0.607 bits per heavy atom. The minimum atomic E-state index is 1.21. The first-order chi connectivity index (χ1) is 30.2. The third-order valence-electron chi connectivity index (χ3n) is 12.7. The fourth-order valence-electron chi connectivity index (χ4n) is 9.72. The highest BCUT2D eigenvalue weighted by molar-refractivity contribution is 14.1. The van der Waals surface area contributed by atoms with E-state index < -0.39 is 0 Å². The van der Waals surface area contributed by atoms with Gasteiger partial charge in [-0.1, -0.05) is 206 Å². The lowest BCUT2D eigenvalue weighted by Crippen LogP contribution is -1.93. The molecule has 0 radical (unpaired) electrons. The Bertz CT molecular complexity index is 3680. The van der Waals surface area contributed by atoms with Crippen molar-refractivity contribution in [3.63, 3.8) is 0 Å². The number of hydrogen-bond donors (Lipinski definition) is 0. The van der Waals surface area contributed by atoms with Gasteiger partial charge in [0.2, 0.25) is 0 Å². The highest BCUT2D eigenvalue weighted by Gasteiger charge is 2.19. The summed E-state index contributed by atoms with van der Waals surface area (Å²) in [7, 11) is 0. The number of fused-ring (bicyclic) bond motifs is 8. The molecule has 0 aromatic heterocycles.